The number of fused-ring (bicyclic) bond motifs is 1. The predicted molar refractivity (Wildman–Crippen MR) is 89.3 cm³/mol. The van der Waals surface area contributed by atoms with Gasteiger partial charge in [-0.3, -0.25) is 14.2 Å². The van der Waals surface area contributed by atoms with E-state index in [0.717, 1.165) is 0 Å². The molecule has 0 aliphatic heterocycles. The van der Waals surface area contributed by atoms with Gasteiger partial charge in [0.15, 0.2) is 0 Å². The monoisotopic (exact) mass is 345 g/mol. The summed E-state index contributed by atoms with van der Waals surface area (Å²) in [6.07, 6.45) is 1.30. The SMILES string of the molecule is O=C(Cn1cnc2cc(Cl)ccc2c1=O)NCc1ccccc1F. The summed E-state index contributed by atoms with van der Waals surface area (Å²) in [6.45, 7) is -0.143. The number of carbonyl (C=O) groups excluding carboxylic acids is 1. The molecule has 0 bridgehead atoms. The molecule has 0 unspecified atom stereocenters. The average molecular weight is 346 g/mol. The molecule has 0 aliphatic carbocycles. The molecule has 0 atom stereocenters. The summed E-state index contributed by atoms with van der Waals surface area (Å²) in [5.41, 5.74) is 0.512. The van der Waals surface area contributed by atoms with Gasteiger partial charge in [-0.15, -0.1) is 0 Å². The van der Waals surface area contributed by atoms with Crippen LogP contribution in [0.3, 0.4) is 0 Å². The van der Waals surface area contributed by atoms with E-state index in [1.165, 1.54) is 17.0 Å². The largest absolute Gasteiger partial charge is 0.350 e. The highest BCUT2D eigenvalue weighted by atomic mass is 35.5. The zero-order valence-electron chi connectivity index (χ0n) is 12.5. The molecule has 0 spiro atoms. The molecule has 7 heteroatoms. The summed E-state index contributed by atoms with van der Waals surface area (Å²) in [6, 6.07) is 10.9. The van der Waals surface area contributed by atoms with E-state index in [4.69, 9.17) is 11.6 Å². The molecule has 0 aliphatic rings. The van der Waals surface area contributed by atoms with Crippen LogP contribution in [0.15, 0.2) is 53.6 Å². The third kappa shape index (κ3) is 3.44. The maximum absolute atomic E-state index is 13.5. The molecule has 3 rings (SSSR count). The summed E-state index contributed by atoms with van der Waals surface area (Å²) in [5.74, 6) is -0.797. The minimum Gasteiger partial charge on any atom is -0.350 e. The van der Waals surface area contributed by atoms with Crippen LogP contribution in [0.5, 0.6) is 0 Å². The van der Waals surface area contributed by atoms with Gasteiger partial charge >= 0.3 is 0 Å². The van der Waals surface area contributed by atoms with Crippen molar-refractivity contribution in [3.63, 3.8) is 0 Å². The van der Waals surface area contributed by atoms with Crippen LogP contribution in [-0.4, -0.2) is 15.5 Å². The van der Waals surface area contributed by atoms with Gasteiger partial charge < -0.3 is 5.32 Å². The number of rotatable bonds is 4. The number of amides is 1. The minimum absolute atomic E-state index is 0.0525. The number of nitrogens with one attached hydrogen (secondary N) is 1. The number of aromatic nitrogens is 2. The summed E-state index contributed by atoms with van der Waals surface area (Å²) < 4.78 is 14.7. The van der Waals surface area contributed by atoms with Gasteiger partial charge in [0.2, 0.25) is 5.91 Å². The van der Waals surface area contributed by atoms with Crippen molar-refractivity contribution >= 4 is 28.4 Å². The molecule has 24 heavy (non-hydrogen) atoms. The Labute approximate surface area is 141 Å². The zero-order chi connectivity index (χ0) is 17.1. The van der Waals surface area contributed by atoms with Crippen LogP contribution in [0.4, 0.5) is 4.39 Å². The van der Waals surface area contributed by atoms with Crippen LogP contribution in [-0.2, 0) is 17.9 Å². The molecule has 1 amide bonds. The topological polar surface area (TPSA) is 64.0 Å². The van der Waals surface area contributed by atoms with Gasteiger partial charge in [-0.05, 0) is 24.3 Å². The van der Waals surface area contributed by atoms with E-state index in [1.807, 2.05) is 0 Å². The molecule has 122 valence electrons. The maximum atomic E-state index is 13.5. The lowest BCUT2D eigenvalue weighted by Crippen LogP contribution is -2.32. The Morgan fingerprint density at radius 3 is 2.83 bits per heavy atom. The van der Waals surface area contributed by atoms with Gasteiger partial charge in [0.05, 0.1) is 17.2 Å². The van der Waals surface area contributed by atoms with Crippen LogP contribution in [0, 0.1) is 5.82 Å². The van der Waals surface area contributed by atoms with Gasteiger partial charge in [-0.25, -0.2) is 9.37 Å². The highest BCUT2D eigenvalue weighted by molar-refractivity contribution is 6.31. The number of hydrogen-bond donors (Lipinski definition) is 1. The van der Waals surface area contributed by atoms with Crippen LogP contribution in [0.25, 0.3) is 10.9 Å². The van der Waals surface area contributed by atoms with E-state index >= 15 is 0 Å². The van der Waals surface area contributed by atoms with Crippen LogP contribution in [0.2, 0.25) is 5.02 Å². The van der Waals surface area contributed by atoms with E-state index in [9.17, 15) is 14.0 Å². The Morgan fingerprint density at radius 1 is 1.25 bits per heavy atom. The molecule has 0 radical (unpaired) electrons. The first-order chi connectivity index (χ1) is 11.5. The summed E-state index contributed by atoms with van der Waals surface area (Å²) in [7, 11) is 0. The Kier molecular flexibility index (Phi) is 4.57. The second-order valence-electron chi connectivity index (χ2n) is 5.21. The van der Waals surface area contributed by atoms with E-state index in [2.05, 4.69) is 10.3 Å². The van der Waals surface area contributed by atoms with Gasteiger partial charge in [0.25, 0.3) is 5.56 Å². The molecule has 2 aromatic carbocycles. The smallest absolute Gasteiger partial charge is 0.261 e. The van der Waals surface area contributed by atoms with E-state index in [1.54, 1.807) is 36.4 Å². The first kappa shape index (κ1) is 16.1. The number of hydrogen-bond acceptors (Lipinski definition) is 3. The lowest BCUT2D eigenvalue weighted by Gasteiger charge is -2.08. The van der Waals surface area contributed by atoms with Crippen LogP contribution in [0.1, 0.15) is 5.56 Å². The molecule has 0 saturated carbocycles. The molecule has 5 nitrogen and oxygen atoms in total. The summed E-state index contributed by atoms with van der Waals surface area (Å²) in [5, 5.41) is 3.44. The third-order valence-corrected chi connectivity index (χ3v) is 3.77. The molecule has 1 aromatic heterocycles. The van der Waals surface area contributed by atoms with Crippen LogP contribution < -0.4 is 10.9 Å². The lowest BCUT2D eigenvalue weighted by molar-refractivity contribution is -0.121. The molecule has 1 N–H and O–H groups in total. The zero-order valence-corrected chi connectivity index (χ0v) is 13.3. The Morgan fingerprint density at radius 2 is 2.04 bits per heavy atom. The second kappa shape index (κ2) is 6.80. The molecular formula is C17H13ClFN3O2. The molecular weight excluding hydrogens is 333 g/mol. The van der Waals surface area contributed by atoms with E-state index in [-0.39, 0.29) is 24.5 Å². The number of nitrogens with zero attached hydrogens (tertiary/aromatic N) is 2. The first-order valence-corrected chi connectivity index (χ1v) is 7.57. The number of benzene rings is 2. The van der Waals surface area contributed by atoms with E-state index < -0.39 is 5.91 Å². The van der Waals surface area contributed by atoms with Crippen LogP contribution >= 0.6 is 11.6 Å². The molecule has 0 saturated heterocycles. The second-order valence-corrected chi connectivity index (χ2v) is 5.64. The highest BCUT2D eigenvalue weighted by Gasteiger charge is 2.09. The number of halogens is 2. The predicted octanol–water partition coefficient (Wildman–Crippen LogP) is 2.51. The fraction of sp³-hybridized carbons (Fsp3) is 0.118. The summed E-state index contributed by atoms with van der Waals surface area (Å²) >= 11 is 5.86. The van der Waals surface area contributed by atoms with Crippen molar-refractivity contribution < 1.29 is 9.18 Å². The van der Waals surface area contributed by atoms with Gasteiger partial charge in [-0.2, -0.15) is 0 Å². The Balaban J connectivity index is 1.74. The van der Waals surface area contributed by atoms with Gasteiger partial charge in [-0.1, -0.05) is 29.8 Å². The lowest BCUT2D eigenvalue weighted by atomic mass is 10.2. The van der Waals surface area contributed by atoms with E-state index in [0.29, 0.717) is 21.5 Å². The normalized spacial score (nSPS) is 10.8. The fourth-order valence-electron chi connectivity index (χ4n) is 2.29. The van der Waals surface area contributed by atoms with Crippen molar-refractivity contribution in [3.8, 4) is 0 Å². The van der Waals surface area contributed by atoms with Gasteiger partial charge in [0, 0.05) is 17.1 Å². The minimum atomic E-state index is -0.407. The van der Waals surface area contributed by atoms with Crippen molar-refractivity contribution in [2.45, 2.75) is 13.1 Å². The fourth-order valence-corrected chi connectivity index (χ4v) is 2.46. The maximum Gasteiger partial charge on any atom is 0.261 e. The number of carbonyl (C=O) groups is 1. The average Bonchev–Trinajstić information content (AvgIpc) is 2.56. The van der Waals surface area contributed by atoms with Crippen molar-refractivity contribution in [2.75, 3.05) is 0 Å². The van der Waals surface area contributed by atoms with Crippen molar-refractivity contribution in [2.24, 2.45) is 0 Å². The van der Waals surface area contributed by atoms with Gasteiger partial charge in [0.1, 0.15) is 12.4 Å². The quantitative estimate of drug-likeness (QED) is 0.790. The van der Waals surface area contributed by atoms with Crippen molar-refractivity contribution in [3.05, 3.63) is 75.5 Å². The Hall–Kier alpha value is -2.73. The molecule has 1 heterocycles. The molecule has 0 fully saturated rings. The van der Waals surface area contributed by atoms with Crippen molar-refractivity contribution in [1.29, 1.82) is 0 Å². The standard InChI is InChI=1S/C17H13ClFN3O2/c18-12-5-6-13-15(7-12)21-10-22(17(13)24)9-16(23)20-8-11-3-1-2-4-14(11)19/h1-7,10H,8-9H2,(H,20,23). The highest BCUT2D eigenvalue weighted by Crippen LogP contribution is 2.14. The summed E-state index contributed by atoms with van der Waals surface area (Å²) in [4.78, 5) is 28.5. The van der Waals surface area contributed by atoms with Crippen molar-refractivity contribution in [1.82, 2.24) is 14.9 Å². The molecule has 3 aromatic rings. The Bertz CT molecular complexity index is 971. The third-order valence-electron chi connectivity index (χ3n) is 3.54. The first-order valence-electron chi connectivity index (χ1n) is 7.19.